The molecule has 0 saturated carbocycles. The molecule has 3 nitrogen and oxygen atoms in total. The Morgan fingerprint density at radius 2 is 2.05 bits per heavy atom. The fourth-order valence-electron chi connectivity index (χ4n) is 2.23. The van der Waals surface area contributed by atoms with Crippen molar-refractivity contribution in [2.24, 2.45) is 0 Å². The molecule has 1 fully saturated rings. The van der Waals surface area contributed by atoms with E-state index in [1.54, 1.807) is 11.8 Å². The summed E-state index contributed by atoms with van der Waals surface area (Å²) in [6.45, 7) is 2.56. The third-order valence-corrected chi connectivity index (χ3v) is 4.38. The molecule has 1 atom stereocenters. The average Bonchev–Trinajstić information content (AvgIpc) is 2.99. The van der Waals surface area contributed by atoms with Gasteiger partial charge in [-0.15, -0.1) is 11.8 Å². The molecule has 3 rings (SSSR count). The van der Waals surface area contributed by atoms with Gasteiger partial charge in [-0.3, -0.25) is 4.79 Å². The molecule has 1 amide bonds. The van der Waals surface area contributed by atoms with E-state index in [9.17, 15) is 4.79 Å². The number of benzene rings is 1. The topological polar surface area (TPSA) is 33.5 Å². The maximum Gasteiger partial charge on any atom is 0.234 e. The molecular weight excluding hydrogens is 258 g/mol. The number of nitrogens with zero attached hydrogens (tertiary/aromatic N) is 1. The second-order valence-electron chi connectivity index (χ2n) is 4.62. The summed E-state index contributed by atoms with van der Waals surface area (Å²) in [6.07, 6.45) is 0. The van der Waals surface area contributed by atoms with Crippen LogP contribution in [0.15, 0.2) is 46.9 Å². The van der Waals surface area contributed by atoms with Crippen molar-refractivity contribution in [1.29, 1.82) is 0 Å². The van der Waals surface area contributed by atoms with E-state index >= 15 is 0 Å². The Kier molecular flexibility index (Phi) is 3.34. The molecule has 0 spiro atoms. The van der Waals surface area contributed by atoms with Crippen molar-refractivity contribution in [2.45, 2.75) is 18.8 Å². The minimum absolute atomic E-state index is 0.00130. The highest BCUT2D eigenvalue weighted by atomic mass is 32.2. The molecule has 0 bridgehead atoms. The predicted octanol–water partition coefficient (Wildman–Crippen LogP) is 3.36. The van der Waals surface area contributed by atoms with Crippen LogP contribution in [0, 0.1) is 6.92 Å². The minimum Gasteiger partial charge on any atom is -0.463 e. The molecule has 0 unspecified atom stereocenters. The van der Waals surface area contributed by atoms with Gasteiger partial charge in [0.1, 0.15) is 16.9 Å². The second-order valence-corrected chi connectivity index (χ2v) is 5.69. The lowest BCUT2D eigenvalue weighted by Crippen LogP contribution is -2.27. The van der Waals surface area contributed by atoms with Gasteiger partial charge in [-0.25, -0.2) is 0 Å². The number of furan rings is 1. The number of carbonyl (C=O) groups excluding carboxylic acids is 1. The molecule has 1 saturated heterocycles. The van der Waals surface area contributed by atoms with Gasteiger partial charge in [0, 0.05) is 6.54 Å². The summed E-state index contributed by atoms with van der Waals surface area (Å²) in [6, 6.07) is 14.0. The third kappa shape index (κ3) is 2.54. The van der Waals surface area contributed by atoms with Gasteiger partial charge in [0.15, 0.2) is 0 Å². The van der Waals surface area contributed by atoms with Crippen LogP contribution in [0.25, 0.3) is 0 Å². The zero-order valence-corrected chi connectivity index (χ0v) is 11.5. The van der Waals surface area contributed by atoms with E-state index < -0.39 is 0 Å². The number of hydrogen-bond acceptors (Lipinski definition) is 3. The summed E-state index contributed by atoms with van der Waals surface area (Å²) in [5.41, 5.74) is 1.15. The fourth-order valence-corrected chi connectivity index (χ4v) is 3.36. The number of thioether (sulfide) groups is 1. The molecule has 2 aromatic rings. The van der Waals surface area contributed by atoms with Crippen LogP contribution in [-0.2, 0) is 11.3 Å². The first-order chi connectivity index (χ1) is 9.24. The Morgan fingerprint density at radius 3 is 2.74 bits per heavy atom. The van der Waals surface area contributed by atoms with E-state index in [0.717, 1.165) is 17.1 Å². The van der Waals surface area contributed by atoms with Crippen LogP contribution in [0.1, 0.15) is 22.5 Å². The van der Waals surface area contributed by atoms with E-state index in [-0.39, 0.29) is 11.3 Å². The summed E-state index contributed by atoms with van der Waals surface area (Å²) < 4.78 is 5.67. The normalized spacial score (nSPS) is 19.1. The van der Waals surface area contributed by atoms with Gasteiger partial charge in [0.05, 0.1) is 5.75 Å². The van der Waals surface area contributed by atoms with E-state index in [4.69, 9.17) is 4.42 Å². The zero-order chi connectivity index (χ0) is 13.2. The lowest BCUT2D eigenvalue weighted by molar-refractivity contribution is -0.128. The monoisotopic (exact) mass is 273 g/mol. The summed E-state index contributed by atoms with van der Waals surface area (Å²) in [4.78, 5) is 13.9. The molecule has 98 valence electrons. The molecule has 0 radical (unpaired) electrons. The van der Waals surface area contributed by atoms with E-state index in [1.165, 1.54) is 0 Å². The smallest absolute Gasteiger partial charge is 0.234 e. The molecule has 1 aliphatic heterocycles. The molecule has 4 heteroatoms. The highest BCUT2D eigenvalue weighted by molar-refractivity contribution is 8.00. The summed E-state index contributed by atoms with van der Waals surface area (Å²) in [7, 11) is 0. The largest absolute Gasteiger partial charge is 0.463 e. The SMILES string of the molecule is Cc1ccc([C@H]2SCC(=O)N2Cc2ccccc2)o1. The van der Waals surface area contributed by atoms with Crippen molar-refractivity contribution >= 4 is 17.7 Å². The van der Waals surface area contributed by atoms with Crippen LogP contribution >= 0.6 is 11.8 Å². The summed E-state index contributed by atoms with van der Waals surface area (Å²) in [5.74, 6) is 2.45. The van der Waals surface area contributed by atoms with Crippen LogP contribution in [0.2, 0.25) is 0 Å². The van der Waals surface area contributed by atoms with Crippen LogP contribution in [0.3, 0.4) is 0 Å². The van der Waals surface area contributed by atoms with Gasteiger partial charge in [0.25, 0.3) is 0 Å². The fraction of sp³-hybridized carbons (Fsp3) is 0.267. The van der Waals surface area contributed by atoms with E-state index in [1.807, 2.05) is 54.3 Å². The number of hydrogen-bond donors (Lipinski definition) is 0. The van der Waals surface area contributed by atoms with Crippen LogP contribution in [0.5, 0.6) is 0 Å². The Balaban J connectivity index is 1.83. The maximum atomic E-state index is 12.0. The minimum atomic E-state index is 0.00130. The van der Waals surface area contributed by atoms with Crippen LogP contribution in [-0.4, -0.2) is 16.6 Å². The summed E-state index contributed by atoms with van der Waals surface area (Å²) >= 11 is 1.63. The quantitative estimate of drug-likeness (QED) is 0.859. The number of aryl methyl sites for hydroxylation is 1. The molecule has 1 aromatic carbocycles. The van der Waals surface area contributed by atoms with Gasteiger partial charge in [-0.1, -0.05) is 30.3 Å². The first kappa shape index (κ1) is 12.4. The molecule has 0 aliphatic carbocycles. The van der Waals surface area contributed by atoms with Crippen molar-refractivity contribution in [3.05, 3.63) is 59.5 Å². The predicted molar refractivity (Wildman–Crippen MR) is 75.6 cm³/mol. The van der Waals surface area contributed by atoms with Gasteiger partial charge in [-0.2, -0.15) is 0 Å². The summed E-state index contributed by atoms with van der Waals surface area (Å²) in [5, 5.41) is 0.00130. The van der Waals surface area contributed by atoms with Crippen molar-refractivity contribution in [3.63, 3.8) is 0 Å². The van der Waals surface area contributed by atoms with Gasteiger partial charge >= 0.3 is 0 Å². The van der Waals surface area contributed by atoms with Crippen LogP contribution in [0.4, 0.5) is 0 Å². The van der Waals surface area contributed by atoms with Crippen molar-refractivity contribution in [3.8, 4) is 0 Å². The molecule has 19 heavy (non-hydrogen) atoms. The number of amides is 1. The molecule has 1 aromatic heterocycles. The van der Waals surface area contributed by atoms with E-state index in [0.29, 0.717) is 12.3 Å². The van der Waals surface area contributed by atoms with Crippen molar-refractivity contribution in [2.75, 3.05) is 5.75 Å². The van der Waals surface area contributed by atoms with E-state index in [2.05, 4.69) is 0 Å². The standard InChI is InChI=1S/C15H15NO2S/c1-11-7-8-13(18-11)15-16(14(17)10-19-15)9-12-5-3-2-4-6-12/h2-8,15H,9-10H2,1H3/t15-/m1/s1. The van der Waals surface area contributed by atoms with Crippen molar-refractivity contribution in [1.82, 2.24) is 4.90 Å². The second kappa shape index (κ2) is 5.13. The lowest BCUT2D eigenvalue weighted by atomic mass is 10.2. The highest BCUT2D eigenvalue weighted by Crippen LogP contribution is 2.40. The first-order valence-corrected chi connectivity index (χ1v) is 7.30. The Labute approximate surface area is 116 Å². The molecule has 2 heterocycles. The molecule has 0 N–H and O–H groups in total. The Hall–Kier alpha value is -1.68. The molecular formula is C15H15NO2S. The Morgan fingerprint density at radius 1 is 1.26 bits per heavy atom. The maximum absolute atomic E-state index is 12.0. The van der Waals surface area contributed by atoms with Crippen LogP contribution < -0.4 is 0 Å². The van der Waals surface area contributed by atoms with Gasteiger partial charge in [0.2, 0.25) is 5.91 Å². The number of carbonyl (C=O) groups is 1. The lowest BCUT2D eigenvalue weighted by Gasteiger charge is -2.22. The highest BCUT2D eigenvalue weighted by Gasteiger charge is 2.34. The molecule has 1 aliphatic rings. The first-order valence-electron chi connectivity index (χ1n) is 6.25. The average molecular weight is 273 g/mol. The van der Waals surface area contributed by atoms with Gasteiger partial charge < -0.3 is 9.32 Å². The number of rotatable bonds is 3. The third-order valence-electron chi connectivity index (χ3n) is 3.17. The van der Waals surface area contributed by atoms with Crippen molar-refractivity contribution < 1.29 is 9.21 Å². The zero-order valence-electron chi connectivity index (χ0n) is 10.7. The Bertz CT molecular complexity index is 579. The van der Waals surface area contributed by atoms with Gasteiger partial charge in [-0.05, 0) is 24.6 Å².